The molecule has 0 aliphatic carbocycles. The van der Waals surface area contributed by atoms with E-state index in [1.165, 1.54) is 37.3 Å². The van der Waals surface area contributed by atoms with E-state index in [9.17, 15) is 18.0 Å². The highest BCUT2D eigenvalue weighted by molar-refractivity contribution is 5.85. The van der Waals surface area contributed by atoms with Gasteiger partial charge >= 0.3 is 6.18 Å². The van der Waals surface area contributed by atoms with Crippen LogP contribution in [0.2, 0.25) is 0 Å². The fourth-order valence-corrected chi connectivity index (χ4v) is 5.05. The summed E-state index contributed by atoms with van der Waals surface area (Å²) >= 11 is 0. The highest BCUT2D eigenvalue weighted by atomic mass is 19.4. The zero-order valence-electron chi connectivity index (χ0n) is 22.1. The first-order valence-electron chi connectivity index (χ1n) is 12.7. The first-order chi connectivity index (χ1) is 19.8. The molecule has 212 valence electrons. The predicted octanol–water partition coefficient (Wildman–Crippen LogP) is 3.58. The molecule has 4 heterocycles. The largest absolute Gasteiger partial charge is 0.497 e. The molecule has 1 saturated heterocycles. The summed E-state index contributed by atoms with van der Waals surface area (Å²) in [6.45, 7) is 0.491. The second-order valence-electron chi connectivity index (χ2n) is 9.48. The van der Waals surface area contributed by atoms with Crippen LogP contribution in [0, 0.1) is 0 Å². The van der Waals surface area contributed by atoms with Crippen LogP contribution in [0.25, 0.3) is 33.3 Å². The number of imidazole rings is 1. The number of aromatic nitrogens is 6. The average Bonchev–Trinajstić information content (AvgIpc) is 3.61. The molecule has 1 fully saturated rings. The summed E-state index contributed by atoms with van der Waals surface area (Å²) in [6, 6.07) is 13.2. The summed E-state index contributed by atoms with van der Waals surface area (Å²) in [7, 11) is 2.92. The molecule has 3 aromatic heterocycles. The van der Waals surface area contributed by atoms with Crippen LogP contribution in [0.1, 0.15) is 17.7 Å². The van der Waals surface area contributed by atoms with Crippen molar-refractivity contribution in [2.75, 3.05) is 33.9 Å². The van der Waals surface area contributed by atoms with Gasteiger partial charge in [-0.3, -0.25) is 4.79 Å². The number of nitrogens with one attached hydrogen (secondary N) is 2. The Labute approximate surface area is 231 Å². The number of nitrogens with zero attached hydrogens (tertiary/aromatic N) is 6. The number of H-pyrrole nitrogens is 1. The van der Waals surface area contributed by atoms with Crippen molar-refractivity contribution in [3.63, 3.8) is 0 Å². The van der Waals surface area contributed by atoms with Crippen LogP contribution in [-0.2, 0) is 17.5 Å². The lowest BCUT2D eigenvalue weighted by Crippen LogP contribution is -2.50. The number of ether oxygens (including phenoxy) is 2. The van der Waals surface area contributed by atoms with Gasteiger partial charge in [0.05, 0.1) is 36.3 Å². The Morgan fingerprint density at radius 1 is 1.05 bits per heavy atom. The lowest BCUT2D eigenvalue weighted by atomic mass is 10.1. The number of methoxy groups -OCH3 is 2. The summed E-state index contributed by atoms with van der Waals surface area (Å²) in [5.41, 5.74) is 1.60. The van der Waals surface area contributed by atoms with Gasteiger partial charge in [-0.15, -0.1) is 10.2 Å². The Morgan fingerprint density at radius 2 is 1.88 bits per heavy atom. The number of amides is 1. The molecular formula is C27H25F3N8O3. The van der Waals surface area contributed by atoms with Crippen molar-refractivity contribution in [3.8, 4) is 23.0 Å². The maximum absolute atomic E-state index is 13.9. The van der Waals surface area contributed by atoms with Crippen molar-refractivity contribution in [2.45, 2.75) is 18.8 Å². The third-order valence-electron chi connectivity index (χ3n) is 7.02. The fourth-order valence-electron chi connectivity index (χ4n) is 5.05. The van der Waals surface area contributed by atoms with Gasteiger partial charge in [0, 0.05) is 31.1 Å². The molecule has 0 saturated carbocycles. The lowest BCUT2D eigenvalue weighted by molar-refractivity contribution is -0.148. The maximum atomic E-state index is 13.9. The standard InChI is InChI=1S/C27H25F3N8O3/c1-40-16-7-8-19-20(12-16)38(26(33-19)27(28,29)30)14-22(39)37-10-9-31-13-21(37)24-34-23(35-36-24)17-11-15-5-3-4-6-18(15)32-25(17)41-2/h3-8,11-12,21,31H,9-10,13-14H2,1-2H3,(H,34,35,36). The van der Waals surface area contributed by atoms with E-state index in [2.05, 4.69) is 30.5 Å². The van der Waals surface area contributed by atoms with E-state index in [0.29, 0.717) is 41.9 Å². The number of fused-ring (bicyclic) bond motifs is 2. The Bertz CT molecular complexity index is 1750. The number of halogens is 3. The molecule has 41 heavy (non-hydrogen) atoms. The second kappa shape index (κ2) is 10.4. The number of rotatable bonds is 6. The number of alkyl halides is 3. The van der Waals surface area contributed by atoms with E-state index in [1.807, 2.05) is 30.3 Å². The van der Waals surface area contributed by atoms with E-state index in [0.717, 1.165) is 15.5 Å². The number of carbonyl (C=O) groups excluding carboxylic acids is 1. The van der Waals surface area contributed by atoms with Gasteiger partial charge in [0.25, 0.3) is 0 Å². The normalized spacial score (nSPS) is 15.9. The SMILES string of the molecule is COc1ccc2nc(C(F)(F)F)n(CC(=O)N3CCNCC3c3nnc(-c4cc5ccccc5nc4OC)[nH]3)c2c1. The second-order valence-corrected chi connectivity index (χ2v) is 9.48. The monoisotopic (exact) mass is 566 g/mol. The number of piperazine rings is 1. The molecule has 1 atom stereocenters. The number of benzene rings is 2. The molecule has 11 nitrogen and oxygen atoms in total. The number of aromatic amines is 1. The van der Waals surface area contributed by atoms with E-state index >= 15 is 0 Å². The van der Waals surface area contributed by atoms with Crippen molar-refractivity contribution in [3.05, 3.63) is 60.2 Å². The van der Waals surface area contributed by atoms with Crippen LogP contribution < -0.4 is 14.8 Å². The summed E-state index contributed by atoms with van der Waals surface area (Å²) in [4.78, 5) is 26.6. The number of hydrogen-bond acceptors (Lipinski definition) is 8. The Kier molecular flexibility index (Phi) is 6.69. The maximum Gasteiger partial charge on any atom is 0.449 e. The molecule has 1 aliphatic heterocycles. The van der Waals surface area contributed by atoms with E-state index in [-0.39, 0.29) is 17.6 Å². The molecule has 2 aromatic carbocycles. The molecule has 0 radical (unpaired) electrons. The molecule has 5 aromatic rings. The summed E-state index contributed by atoms with van der Waals surface area (Å²) < 4.78 is 53.4. The number of pyridine rings is 1. The molecule has 14 heteroatoms. The minimum absolute atomic E-state index is 0.112. The predicted molar refractivity (Wildman–Crippen MR) is 142 cm³/mol. The smallest absolute Gasteiger partial charge is 0.449 e. The molecule has 0 bridgehead atoms. The van der Waals surface area contributed by atoms with Gasteiger partial charge in [0.1, 0.15) is 18.3 Å². The first kappa shape index (κ1) is 26.5. The topological polar surface area (TPSA) is 123 Å². The Morgan fingerprint density at radius 3 is 2.66 bits per heavy atom. The van der Waals surface area contributed by atoms with Crippen LogP contribution >= 0.6 is 0 Å². The first-order valence-corrected chi connectivity index (χ1v) is 12.7. The van der Waals surface area contributed by atoms with Crippen LogP contribution in [0.5, 0.6) is 11.6 Å². The summed E-state index contributed by atoms with van der Waals surface area (Å²) in [6.07, 6.45) is -4.76. The third-order valence-corrected chi connectivity index (χ3v) is 7.02. The highest BCUT2D eigenvalue weighted by Gasteiger charge is 2.39. The van der Waals surface area contributed by atoms with E-state index in [1.54, 1.807) is 0 Å². The molecule has 1 unspecified atom stereocenters. The molecule has 0 spiro atoms. The Balaban J connectivity index is 1.33. The lowest BCUT2D eigenvalue weighted by Gasteiger charge is -2.35. The molecule has 1 amide bonds. The summed E-state index contributed by atoms with van der Waals surface area (Å²) in [5.74, 6) is -0.203. The van der Waals surface area contributed by atoms with Gasteiger partial charge in [-0.05, 0) is 24.3 Å². The van der Waals surface area contributed by atoms with E-state index in [4.69, 9.17) is 9.47 Å². The van der Waals surface area contributed by atoms with Crippen molar-refractivity contribution < 1.29 is 27.4 Å². The van der Waals surface area contributed by atoms with Gasteiger partial charge in [-0.25, -0.2) is 9.97 Å². The van der Waals surface area contributed by atoms with Gasteiger partial charge in [-0.2, -0.15) is 13.2 Å². The van der Waals surface area contributed by atoms with Crippen LogP contribution in [0.15, 0.2) is 48.5 Å². The van der Waals surface area contributed by atoms with Crippen LogP contribution in [-0.4, -0.2) is 74.4 Å². The van der Waals surface area contributed by atoms with Crippen molar-refractivity contribution in [2.24, 2.45) is 0 Å². The van der Waals surface area contributed by atoms with Crippen LogP contribution in [0.3, 0.4) is 0 Å². The molecular weight excluding hydrogens is 541 g/mol. The zero-order chi connectivity index (χ0) is 28.7. The zero-order valence-corrected chi connectivity index (χ0v) is 22.1. The van der Waals surface area contributed by atoms with Gasteiger partial charge in [0.15, 0.2) is 11.6 Å². The van der Waals surface area contributed by atoms with E-state index < -0.39 is 30.5 Å². The average molecular weight is 567 g/mol. The fraction of sp³-hybridized carbons (Fsp3) is 0.296. The van der Waals surface area contributed by atoms with Gasteiger partial charge < -0.3 is 29.2 Å². The third kappa shape index (κ3) is 4.90. The Hall–Kier alpha value is -4.72. The highest BCUT2D eigenvalue weighted by Crippen LogP contribution is 2.34. The van der Waals surface area contributed by atoms with Crippen molar-refractivity contribution >= 4 is 27.8 Å². The number of hydrogen-bond donors (Lipinski definition) is 2. The van der Waals surface area contributed by atoms with Crippen molar-refractivity contribution in [1.29, 1.82) is 0 Å². The summed E-state index contributed by atoms with van der Waals surface area (Å²) in [5, 5.41) is 12.7. The molecule has 2 N–H and O–H groups in total. The molecule has 6 rings (SSSR count). The van der Waals surface area contributed by atoms with Gasteiger partial charge in [-0.1, -0.05) is 18.2 Å². The number of carbonyl (C=O) groups is 1. The minimum atomic E-state index is -4.76. The van der Waals surface area contributed by atoms with Gasteiger partial charge in [0.2, 0.25) is 17.6 Å². The number of para-hydroxylation sites is 1. The molecule has 1 aliphatic rings. The minimum Gasteiger partial charge on any atom is -0.497 e. The van der Waals surface area contributed by atoms with Crippen LogP contribution in [0.4, 0.5) is 13.2 Å². The van der Waals surface area contributed by atoms with Crippen molar-refractivity contribution in [1.82, 2.24) is 39.9 Å². The quantitative estimate of drug-likeness (QED) is 0.320.